The Balaban J connectivity index is 1.88. The number of aromatic nitrogens is 2. The van der Waals surface area contributed by atoms with Crippen molar-refractivity contribution in [1.29, 1.82) is 0 Å². The van der Waals surface area contributed by atoms with Crippen molar-refractivity contribution in [3.63, 3.8) is 0 Å². The molecule has 20 heavy (non-hydrogen) atoms. The van der Waals surface area contributed by atoms with Crippen LogP contribution in [0.2, 0.25) is 0 Å². The first-order valence-electron chi connectivity index (χ1n) is 6.56. The van der Waals surface area contributed by atoms with Crippen LogP contribution in [0.4, 0.5) is 4.39 Å². The van der Waals surface area contributed by atoms with Crippen LogP contribution in [0.3, 0.4) is 0 Å². The van der Waals surface area contributed by atoms with Gasteiger partial charge in [-0.1, -0.05) is 15.9 Å². The lowest BCUT2D eigenvalue weighted by atomic mass is 10.1. The monoisotopic (exact) mass is 338 g/mol. The van der Waals surface area contributed by atoms with Gasteiger partial charge in [0.25, 0.3) is 0 Å². The largest absolute Gasteiger partial charge is 0.341 e. The van der Waals surface area contributed by atoms with E-state index in [9.17, 15) is 4.39 Å². The number of hydrogen-bond donors (Lipinski definition) is 2. The number of nitrogens with zero attached hydrogens (tertiary/aromatic N) is 2. The molecule has 2 heterocycles. The van der Waals surface area contributed by atoms with E-state index in [0.29, 0.717) is 11.3 Å². The van der Waals surface area contributed by atoms with Crippen LogP contribution >= 0.6 is 15.9 Å². The Bertz CT molecular complexity index is 613. The third kappa shape index (κ3) is 2.77. The normalized spacial score (nSPS) is 20.2. The summed E-state index contributed by atoms with van der Waals surface area (Å²) in [5, 5.41) is 3.42. The summed E-state index contributed by atoms with van der Waals surface area (Å²) < 4.78 is 14.7. The molecule has 1 unspecified atom stereocenters. The maximum atomic E-state index is 13.9. The maximum Gasteiger partial charge on any atom is 0.132 e. The van der Waals surface area contributed by atoms with E-state index < -0.39 is 0 Å². The fourth-order valence-electron chi connectivity index (χ4n) is 2.43. The van der Waals surface area contributed by atoms with E-state index in [2.05, 4.69) is 43.2 Å². The van der Waals surface area contributed by atoms with Crippen molar-refractivity contribution in [2.24, 2.45) is 0 Å². The summed E-state index contributed by atoms with van der Waals surface area (Å²) in [7, 11) is 2.09. The number of aromatic amines is 1. The van der Waals surface area contributed by atoms with Crippen LogP contribution in [-0.2, 0) is 0 Å². The average molecular weight is 339 g/mol. The first-order chi connectivity index (χ1) is 9.63. The molecule has 1 aromatic carbocycles. The van der Waals surface area contributed by atoms with Gasteiger partial charge >= 0.3 is 0 Å². The first kappa shape index (κ1) is 13.7. The van der Waals surface area contributed by atoms with Crippen LogP contribution in [0.15, 0.2) is 28.9 Å². The van der Waals surface area contributed by atoms with E-state index >= 15 is 0 Å². The average Bonchev–Trinajstić information content (AvgIpc) is 2.91. The lowest BCUT2D eigenvalue weighted by Gasteiger charge is -2.29. The smallest absolute Gasteiger partial charge is 0.132 e. The number of imidazole rings is 1. The van der Waals surface area contributed by atoms with Crippen LogP contribution in [0.25, 0.3) is 11.3 Å². The summed E-state index contributed by atoms with van der Waals surface area (Å²) in [6.45, 7) is 2.86. The highest BCUT2D eigenvalue weighted by molar-refractivity contribution is 9.10. The topological polar surface area (TPSA) is 44.0 Å². The molecule has 0 aliphatic carbocycles. The van der Waals surface area contributed by atoms with Crippen molar-refractivity contribution in [2.45, 2.75) is 6.04 Å². The van der Waals surface area contributed by atoms with Gasteiger partial charge in [-0.2, -0.15) is 0 Å². The molecule has 1 fully saturated rings. The molecule has 1 saturated heterocycles. The highest BCUT2D eigenvalue weighted by atomic mass is 79.9. The van der Waals surface area contributed by atoms with Crippen molar-refractivity contribution in [3.05, 3.63) is 40.5 Å². The Morgan fingerprint density at radius 1 is 1.45 bits per heavy atom. The van der Waals surface area contributed by atoms with Crippen LogP contribution in [0, 0.1) is 5.82 Å². The molecular formula is C14H16BrFN4. The van der Waals surface area contributed by atoms with E-state index in [1.165, 1.54) is 6.07 Å². The Morgan fingerprint density at radius 3 is 3.10 bits per heavy atom. The van der Waals surface area contributed by atoms with Crippen molar-refractivity contribution in [1.82, 2.24) is 20.2 Å². The highest BCUT2D eigenvalue weighted by Crippen LogP contribution is 2.26. The Hall–Kier alpha value is -1.24. The van der Waals surface area contributed by atoms with Gasteiger partial charge in [-0.15, -0.1) is 0 Å². The zero-order valence-electron chi connectivity index (χ0n) is 11.2. The van der Waals surface area contributed by atoms with Crippen molar-refractivity contribution >= 4 is 15.9 Å². The SMILES string of the molecule is CN1CCNC(c2ncc(-c3cc(Br)ccc3F)[nH]2)C1. The number of rotatable bonds is 2. The summed E-state index contributed by atoms with van der Waals surface area (Å²) in [5.41, 5.74) is 1.23. The molecule has 4 nitrogen and oxygen atoms in total. The second kappa shape index (κ2) is 5.63. The summed E-state index contributed by atoms with van der Waals surface area (Å²) in [6, 6.07) is 5.06. The number of nitrogens with one attached hydrogen (secondary N) is 2. The minimum absolute atomic E-state index is 0.165. The molecule has 0 radical (unpaired) electrons. The van der Waals surface area contributed by atoms with Gasteiger partial charge < -0.3 is 15.2 Å². The standard InChI is InChI=1S/C14H16BrFN4/c1-20-5-4-17-13(8-20)14-18-7-12(19-14)10-6-9(15)2-3-11(10)16/h2-3,6-7,13,17H,4-5,8H2,1H3,(H,18,19). The van der Waals surface area contributed by atoms with Gasteiger partial charge in [-0.05, 0) is 25.2 Å². The van der Waals surface area contributed by atoms with Crippen molar-refractivity contribution in [2.75, 3.05) is 26.7 Å². The summed E-state index contributed by atoms with van der Waals surface area (Å²) >= 11 is 3.36. The summed E-state index contributed by atoms with van der Waals surface area (Å²) in [6.07, 6.45) is 1.69. The van der Waals surface area contributed by atoms with E-state index in [1.54, 1.807) is 18.3 Å². The van der Waals surface area contributed by atoms with Gasteiger partial charge in [0, 0.05) is 29.7 Å². The fourth-order valence-corrected chi connectivity index (χ4v) is 2.80. The van der Waals surface area contributed by atoms with E-state index in [-0.39, 0.29) is 11.9 Å². The molecule has 0 spiro atoms. The van der Waals surface area contributed by atoms with Gasteiger partial charge in [0.1, 0.15) is 11.6 Å². The zero-order valence-corrected chi connectivity index (χ0v) is 12.7. The second-order valence-corrected chi connectivity index (χ2v) is 5.99. The molecule has 1 aliphatic rings. The predicted octanol–water partition coefficient (Wildman–Crippen LogP) is 2.55. The highest BCUT2D eigenvalue weighted by Gasteiger charge is 2.21. The molecule has 0 bridgehead atoms. The van der Waals surface area contributed by atoms with Crippen molar-refractivity contribution in [3.8, 4) is 11.3 Å². The molecule has 1 aromatic heterocycles. The molecule has 106 valence electrons. The number of H-pyrrole nitrogens is 1. The Kier molecular flexibility index (Phi) is 3.87. The maximum absolute atomic E-state index is 13.9. The fraction of sp³-hybridized carbons (Fsp3) is 0.357. The molecule has 0 amide bonds. The molecular weight excluding hydrogens is 323 g/mol. The van der Waals surface area contributed by atoms with Gasteiger partial charge in [-0.25, -0.2) is 9.37 Å². The molecule has 1 aliphatic heterocycles. The number of hydrogen-bond acceptors (Lipinski definition) is 3. The molecule has 0 saturated carbocycles. The van der Waals surface area contributed by atoms with E-state index in [1.807, 2.05) is 0 Å². The molecule has 3 rings (SSSR count). The lowest BCUT2D eigenvalue weighted by molar-refractivity contribution is 0.236. The van der Waals surface area contributed by atoms with Gasteiger partial charge in [0.2, 0.25) is 0 Å². The third-order valence-electron chi connectivity index (χ3n) is 3.52. The minimum Gasteiger partial charge on any atom is -0.341 e. The lowest BCUT2D eigenvalue weighted by Crippen LogP contribution is -2.44. The molecule has 2 N–H and O–H groups in total. The van der Waals surface area contributed by atoms with Gasteiger partial charge in [0.15, 0.2) is 0 Å². The molecule has 1 atom stereocenters. The van der Waals surface area contributed by atoms with Crippen LogP contribution in [0.1, 0.15) is 11.9 Å². The zero-order chi connectivity index (χ0) is 14.1. The van der Waals surface area contributed by atoms with E-state index in [0.717, 1.165) is 29.9 Å². The van der Waals surface area contributed by atoms with Crippen molar-refractivity contribution < 1.29 is 4.39 Å². The second-order valence-electron chi connectivity index (χ2n) is 5.08. The molecule has 2 aromatic rings. The number of piperazine rings is 1. The van der Waals surface area contributed by atoms with Crippen LogP contribution < -0.4 is 5.32 Å². The number of halogens is 2. The summed E-state index contributed by atoms with van der Waals surface area (Å²) in [5.74, 6) is 0.600. The Labute approximate surface area is 125 Å². The number of likely N-dealkylation sites (N-methyl/N-ethyl adjacent to an activating group) is 1. The predicted molar refractivity (Wildman–Crippen MR) is 79.9 cm³/mol. The van der Waals surface area contributed by atoms with Gasteiger partial charge in [0.05, 0.1) is 17.9 Å². The number of benzene rings is 1. The van der Waals surface area contributed by atoms with Gasteiger partial charge in [-0.3, -0.25) is 0 Å². The Morgan fingerprint density at radius 2 is 2.30 bits per heavy atom. The van der Waals surface area contributed by atoms with Crippen LogP contribution in [0.5, 0.6) is 0 Å². The molecule has 6 heteroatoms. The summed E-state index contributed by atoms with van der Waals surface area (Å²) in [4.78, 5) is 9.87. The minimum atomic E-state index is -0.253. The quantitative estimate of drug-likeness (QED) is 0.884. The third-order valence-corrected chi connectivity index (χ3v) is 4.02. The van der Waals surface area contributed by atoms with E-state index in [4.69, 9.17) is 0 Å². The van der Waals surface area contributed by atoms with Crippen LogP contribution in [-0.4, -0.2) is 41.5 Å². The first-order valence-corrected chi connectivity index (χ1v) is 7.35.